The summed E-state index contributed by atoms with van der Waals surface area (Å²) in [7, 11) is 0. The average Bonchev–Trinajstić information content (AvgIpc) is 2.49. The molecule has 1 aliphatic carbocycles. The predicted octanol–water partition coefficient (Wildman–Crippen LogP) is 1.57. The van der Waals surface area contributed by atoms with Crippen LogP contribution in [0.1, 0.15) is 33.1 Å². The van der Waals surface area contributed by atoms with E-state index in [1.807, 2.05) is 0 Å². The standard InChI is InChI=1S/C12H22N2O.ClH/c1-8-4-3-5-11(8)14-12(15)9(2)10-6-13-7-10;/h8-11,13H,3-7H2,1-2H3,(H,14,15);1H. The van der Waals surface area contributed by atoms with Gasteiger partial charge in [0.05, 0.1) is 0 Å². The predicted molar refractivity (Wildman–Crippen MR) is 67.7 cm³/mol. The zero-order valence-corrected chi connectivity index (χ0v) is 11.0. The summed E-state index contributed by atoms with van der Waals surface area (Å²) in [6.07, 6.45) is 3.71. The van der Waals surface area contributed by atoms with Crippen LogP contribution in [0.4, 0.5) is 0 Å². The summed E-state index contributed by atoms with van der Waals surface area (Å²) >= 11 is 0. The van der Waals surface area contributed by atoms with Gasteiger partial charge >= 0.3 is 0 Å². The molecule has 2 aliphatic rings. The second-order valence-electron chi connectivity index (χ2n) is 5.23. The number of hydrogen-bond donors (Lipinski definition) is 2. The second-order valence-corrected chi connectivity index (χ2v) is 5.23. The van der Waals surface area contributed by atoms with Crippen LogP contribution in [0.15, 0.2) is 0 Å². The van der Waals surface area contributed by atoms with Gasteiger partial charge in [0, 0.05) is 12.0 Å². The van der Waals surface area contributed by atoms with E-state index >= 15 is 0 Å². The lowest BCUT2D eigenvalue weighted by atomic mass is 9.88. The summed E-state index contributed by atoms with van der Waals surface area (Å²) in [5.74, 6) is 1.67. The number of hydrogen-bond acceptors (Lipinski definition) is 2. The van der Waals surface area contributed by atoms with Gasteiger partial charge in [0.2, 0.25) is 5.91 Å². The molecule has 4 heteroatoms. The Morgan fingerprint density at radius 3 is 2.50 bits per heavy atom. The van der Waals surface area contributed by atoms with Gasteiger partial charge in [-0.05, 0) is 37.8 Å². The Morgan fingerprint density at radius 2 is 2.06 bits per heavy atom. The Balaban J connectivity index is 0.00000128. The van der Waals surface area contributed by atoms with Gasteiger partial charge in [0.15, 0.2) is 0 Å². The van der Waals surface area contributed by atoms with Crippen LogP contribution in [0, 0.1) is 17.8 Å². The van der Waals surface area contributed by atoms with Gasteiger partial charge in [-0.25, -0.2) is 0 Å². The maximum atomic E-state index is 11.9. The van der Waals surface area contributed by atoms with Crippen molar-refractivity contribution in [3.8, 4) is 0 Å². The topological polar surface area (TPSA) is 41.1 Å². The fraction of sp³-hybridized carbons (Fsp3) is 0.917. The van der Waals surface area contributed by atoms with Crippen LogP contribution in [-0.4, -0.2) is 25.0 Å². The van der Waals surface area contributed by atoms with Crippen LogP contribution in [0.5, 0.6) is 0 Å². The molecule has 2 rings (SSSR count). The molecule has 0 aromatic heterocycles. The fourth-order valence-electron chi connectivity index (χ4n) is 2.55. The first kappa shape index (κ1) is 13.8. The van der Waals surface area contributed by atoms with Gasteiger partial charge in [0.25, 0.3) is 0 Å². The van der Waals surface area contributed by atoms with Gasteiger partial charge < -0.3 is 10.6 Å². The lowest BCUT2D eigenvalue weighted by Gasteiger charge is -2.32. The molecule has 3 nitrogen and oxygen atoms in total. The molecular formula is C12H23ClN2O. The molecule has 3 unspecified atom stereocenters. The first-order valence-corrected chi connectivity index (χ1v) is 6.19. The zero-order valence-electron chi connectivity index (χ0n) is 10.2. The van der Waals surface area contributed by atoms with Crippen LogP contribution < -0.4 is 10.6 Å². The highest BCUT2D eigenvalue weighted by molar-refractivity contribution is 5.85. The minimum absolute atomic E-state index is 0. The van der Waals surface area contributed by atoms with Crippen molar-refractivity contribution in [3.63, 3.8) is 0 Å². The van der Waals surface area contributed by atoms with Crippen molar-refractivity contribution in [2.75, 3.05) is 13.1 Å². The van der Waals surface area contributed by atoms with Crippen molar-refractivity contribution in [1.82, 2.24) is 10.6 Å². The molecule has 2 fully saturated rings. The molecule has 1 amide bonds. The van der Waals surface area contributed by atoms with E-state index in [0.717, 1.165) is 13.1 Å². The van der Waals surface area contributed by atoms with E-state index in [2.05, 4.69) is 24.5 Å². The number of rotatable bonds is 3. The molecule has 1 aliphatic heterocycles. The Hall–Kier alpha value is -0.280. The lowest BCUT2D eigenvalue weighted by molar-refractivity contribution is -0.127. The number of carbonyl (C=O) groups excluding carboxylic acids is 1. The minimum Gasteiger partial charge on any atom is -0.353 e. The first-order chi connectivity index (χ1) is 7.18. The molecule has 3 atom stereocenters. The van der Waals surface area contributed by atoms with E-state index in [1.165, 1.54) is 19.3 Å². The normalized spacial score (nSPS) is 31.4. The van der Waals surface area contributed by atoms with Crippen LogP contribution in [0.2, 0.25) is 0 Å². The summed E-state index contributed by atoms with van der Waals surface area (Å²) in [6, 6.07) is 0.438. The summed E-state index contributed by atoms with van der Waals surface area (Å²) in [5.41, 5.74) is 0. The Kier molecular flexibility index (Phi) is 5.06. The maximum Gasteiger partial charge on any atom is 0.223 e. The molecule has 0 radical (unpaired) electrons. The van der Waals surface area contributed by atoms with Crippen LogP contribution >= 0.6 is 12.4 Å². The third-order valence-electron chi connectivity index (χ3n) is 4.12. The smallest absolute Gasteiger partial charge is 0.223 e. The van der Waals surface area contributed by atoms with Gasteiger partial charge in [0.1, 0.15) is 0 Å². The third kappa shape index (κ3) is 2.89. The molecular weight excluding hydrogens is 224 g/mol. The first-order valence-electron chi connectivity index (χ1n) is 6.19. The Bertz CT molecular complexity index is 243. The van der Waals surface area contributed by atoms with E-state index in [4.69, 9.17) is 0 Å². The van der Waals surface area contributed by atoms with Gasteiger partial charge in [-0.3, -0.25) is 4.79 Å². The third-order valence-corrected chi connectivity index (χ3v) is 4.12. The fourth-order valence-corrected chi connectivity index (χ4v) is 2.55. The monoisotopic (exact) mass is 246 g/mol. The van der Waals surface area contributed by atoms with Crippen molar-refractivity contribution in [1.29, 1.82) is 0 Å². The molecule has 0 aromatic rings. The molecule has 0 bridgehead atoms. The quantitative estimate of drug-likeness (QED) is 0.794. The average molecular weight is 247 g/mol. The molecule has 94 valence electrons. The van der Waals surface area contributed by atoms with E-state index in [0.29, 0.717) is 17.9 Å². The molecule has 16 heavy (non-hydrogen) atoms. The van der Waals surface area contributed by atoms with E-state index in [-0.39, 0.29) is 24.2 Å². The summed E-state index contributed by atoms with van der Waals surface area (Å²) in [6.45, 7) is 6.32. The van der Waals surface area contributed by atoms with Gasteiger partial charge in [-0.15, -0.1) is 12.4 Å². The summed E-state index contributed by atoms with van der Waals surface area (Å²) in [5, 5.41) is 6.43. The Morgan fingerprint density at radius 1 is 1.38 bits per heavy atom. The largest absolute Gasteiger partial charge is 0.353 e. The van der Waals surface area contributed by atoms with Crippen molar-refractivity contribution in [2.45, 2.75) is 39.2 Å². The lowest BCUT2D eigenvalue weighted by Crippen LogP contribution is -2.51. The van der Waals surface area contributed by atoms with Gasteiger partial charge in [-0.2, -0.15) is 0 Å². The van der Waals surface area contributed by atoms with Gasteiger partial charge in [-0.1, -0.05) is 20.3 Å². The summed E-state index contributed by atoms with van der Waals surface area (Å²) < 4.78 is 0. The second kappa shape index (κ2) is 5.87. The van der Waals surface area contributed by atoms with Crippen LogP contribution in [-0.2, 0) is 4.79 Å². The molecule has 1 saturated carbocycles. The minimum atomic E-state index is 0. The van der Waals surface area contributed by atoms with Crippen molar-refractivity contribution >= 4 is 18.3 Å². The van der Waals surface area contributed by atoms with Crippen molar-refractivity contribution in [2.24, 2.45) is 17.8 Å². The van der Waals surface area contributed by atoms with Crippen molar-refractivity contribution in [3.05, 3.63) is 0 Å². The number of amides is 1. The Labute approximate surface area is 104 Å². The molecule has 1 saturated heterocycles. The number of nitrogens with one attached hydrogen (secondary N) is 2. The van der Waals surface area contributed by atoms with Crippen molar-refractivity contribution < 1.29 is 4.79 Å². The molecule has 2 N–H and O–H groups in total. The molecule has 0 spiro atoms. The number of carbonyl (C=O) groups is 1. The van der Waals surface area contributed by atoms with Crippen LogP contribution in [0.3, 0.4) is 0 Å². The highest BCUT2D eigenvalue weighted by Gasteiger charge is 2.31. The highest BCUT2D eigenvalue weighted by Crippen LogP contribution is 2.25. The number of halogens is 1. The maximum absolute atomic E-state index is 11.9. The summed E-state index contributed by atoms with van der Waals surface area (Å²) in [4.78, 5) is 11.9. The van der Waals surface area contributed by atoms with E-state index < -0.39 is 0 Å². The molecule has 0 aromatic carbocycles. The SMILES string of the molecule is CC1CCCC1NC(=O)C(C)C1CNC1.Cl. The highest BCUT2D eigenvalue weighted by atomic mass is 35.5. The van der Waals surface area contributed by atoms with E-state index in [1.54, 1.807) is 0 Å². The van der Waals surface area contributed by atoms with E-state index in [9.17, 15) is 4.79 Å². The van der Waals surface area contributed by atoms with Crippen LogP contribution in [0.25, 0.3) is 0 Å². The zero-order chi connectivity index (χ0) is 10.8. The molecule has 1 heterocycles.